The summed E-state index contributed by atoms with van der Waals surface area (Å²) in [6.07, 6.45) is 4.16. The maximum atomic E-state index is 12.6. The van der Waals surface area contributed by atoms with E-state index < -0.39 is 36.2 Å². The summed E-state index contributed by atoms with van der Waals surface area (Å²) in [6.45, 7) is 1.57. The van der Waals surface area contributed by atoms with Crippen molar-refractivity contribution in [3.05, 3.63) is 0 Å². The van der Waals surface area contributed by atoms with Crippen LogP contribution in [0.15, 0.2) is 0 Å². The highest BCUT2D eigenvalue weighted by molar-refractivity contribution is 6.08. The minimum absolute atomic E-state index is 0.289. The van der Waals surface area contributed by atoms with Gasteiger partial charge in [0.15, 0.2) is 11.6 Å². The van der Waals surface area contributed by atoms with Crippen molar-refractivity contribution in [2.75, 3.05) is 0 Å². The maximum Gasteiger partial charge on any atom is 0.305 e. The number of aliphatic carboxylic acids is 1. The van der Waals surface area contributed by atoms with Crippen molar-refractivity contribution in [3.63, 3.8) is 0 Å². The highest BCUT2D eigenvalue weighted by atomic mass is 16.4. The number of nitrogens with two attached hydrogens (primary N) is 2. The summed E-state index contributed by atoms with van der Waals surface area (Å²) >= 11 is 0. The molecule has 2 unspecified atom stereocenters. The third kappa shape index (κ3) is 3.01. The Kier molecular flexibility index (Phi) is 4.49. The second-order valence-corrected chi connectivity index (χ2v) is 6.74. The number of rotatable bonds is 7. The second-order valence-electron chi connectivity index (χ2n) is 6.74. The first kappa shape index (κ1) is 16.1. The SMILES string of the molecule is CC(N)C(=O)C(C(=O)[C@@H](N)CC(=O)O)C12CCC(CC1)C2. The molecule has 0 spiro atoms. The van der Waals surface area contributed by atoms with Crippen molar-refractivity contribution in [2.45, 2.75) is 57.5 Å². The Labute approximate surface area is 124 Å². The van der Waals surface area contributed by atoms with Gasteiger partial charge in [-0.1, -0.05) is 0 Å². The fourth-order valence-corrected chi connectivity index (χ4v) is 4.15. The van der Waals surface area contributed by atoms with Gasteiger partial charge in [0, 0.05) is 0 Å². The quantitative estimate of drug-likeness (QED) is 0.587. The molecule has 2 bridgehead atoms. The van der Waals surface area contributed by atoms with Crippen molar-refractivity contribution in [1.29, 1.82) is 0 Å². The van der Waals surface area contributed by atoms with Crippen LogP contribution in [-0.4, -0.2) is 34.7 Å². The van der Waals surface area contributed by atoms with E-state index in [1.807, 2.05) is 0 Å². The van der Waals surface area contributed by atoms with E-state index in [9.17, 15) is 14.4 Å². The van der Waals surface area contributed by atoms with E-state index in [2.05, 4.69) is 0 Å². The Morgan fingerprint density at radius 1 is 1.19 bits per heavy atom. The molecule has 21 heavy (non-hydrogen) atoms. The average Bonchev–Trinajstić information content (AvgIpc) is 2.98. The van der Waals surface area contributed by atoms with Gasteiger partial charge in [-0.15, -0.1) is 0 Å². The number of carbonyl (C=O) groups is 3. The summed E-state index contributed by atoms with van der Waals surface area (Å²) < 4.78 is 0. The number of ketones is 2. The number of carboxylic acids is 1. The number of carboxylic acid groups (broad SMARTS) is 1. The number of hydrogen-bond donors (Lipinski definition) is 3. The van der Waals surface area contributed by atoms with Crippen molar-refractivity contribution in [3.8, 4) is 0 Å². The summed E-state index contributed by atoms with van der Waals surface area (Å²) in [7, 11) is 0. The Hall–Kier alpha value is -1.27. The molecule has 6 nitrogen and oxygen atoms in total. The molecule has 3 atom stereocenters. The van der Waals surface area contributed by atoms with Gasteiger partial charge in [0.1, 0.15) is 0 Å². The molecule has 0 radical (unpaired) electrons. The smallest absolute Gasteiger partial charge is 0.305 e. The van der Waals surface area contributed by atoms with Crippen molar-refractivity contribution in [2.24, 2.45) is 28.7 Å². The Morgan fingerprint density at radius 3 is 2.14 bits per heavy atom. The molecule has 2 aliphatic rings. The fourth-order valence-electron chi connectivity index (χ4n) is 4.15. The number of Topliss-reactive ketones (excluding diaryl/α,β-unsaturated/α-hetero) is 2. The third-order valence-corrected chi connectivity index (χ3v) is 5.19. The van der Waals surface area contributed by atoms with E-state index in [1.54, 1.807) is 6.92 Å². The summed E-state index contributed by atoms with van der Waals surface area (Å²) in [5.74, 6) is -2.11. The van der Waals surface area contributed by atoms with Crippen molar-refractivity contribution >= 4 is 17.5 Å². The molecule has 0 aromatic rings. The summed E-state index contributed by atoms with van der Waals surface area (Å²) in [5, 5.41) is 8.82. The van der Waals surface area contributed by atoms with Crippen LogP contribution in [0, 0.1) is 17.3 Å². The normalized spacial score (nSPS) is 31.7. The summed E-state index contributed by atoms with van der Waals surface area (Å²) in [6, 6.07) is -1.87. The van der Waals surface area contributed by atoms with Crippen LogP contribution in [0.5, 0.6) is 0 Å². The van der Waals surface area contributed by atoms with Gasteiger partial charge in [0.2, 0.25) is 0 Å². The van der Waals surface area contributed by atoms with Gasteiger partial charge in [-0.25, -0.2) is 0 Å². The van der Waals surface area contributed by atoms with Crippen LogP contribution in [-0.2, 0) is 14.4 Å². The molecule has 5 N–H and O–H groups in total. The molecule has 0 heterocycles. The molecule has 0 aliphatic heterocycles. The average molecular weight is 296 g/mol. The van der Waals surface area contributed by atoms with E-state index >= 15 is 0 Å². The predicted molar refractivity (Wildman–Crippen MR) is 76.4 cm³/mol. The topological polar surface area (TPSA) is 123 Å². The van der Waals surface area contributed by atoms with Gasteiger partial charge in [-0.3, -0.25) is 14.4 Å². The van der Waals surface area contributed by atoms with Gasteiger partial charge in [-0.2, -0.15) is 0 Å². The minimum atomic E-state index is -1.13. The first-order valence-electron chi connectivity index (χ1n) is 7.57. The summed E-state index contributed by atoms with van der Waals surface area (Å²) in [4.78, 5) is 35.9. The number of fused-ring (bicyclic) bond motifs is 2. The largest absolute Gasteiger partial charge is 0.481 e. The maximum absolute atomic E-state index is 12.6. The lowest BCUT2D eigenvalue weighted by atomic mass is 9.67. The van der Waals surface area contributed by atoms with Crippen LogP contribution >= 0.6 is 0 Å². The van der Waals surface area contributed by atoms with Gasteiger partial charge in [-0.05, 0) is 50.4 Å². The molecule has 118 valence electrons. The Bertz CT molecular complexity index is 453. The zero-order valence-electron chi connectivity index (χ0n) is 12.4. The lowest BCUT2D eigenvalue weighted by molar-refractivity contribution is -0.144. The Balaban J connectivity index is 2.26. The molecule has 2 rings (SSSR count). The molecule has 0 saturated heterocycles. The lowest BCUT2D eigenvalue weighted by Gasteiger charge is -2.36. The first-order valence-corrected chi connectivity index (χ1v) is 7.57. The molecule has 2 aliphatic carbocycles. The lowest BCUT2D eigenvalue weighted by Crippen LogP contribution is -2.51. The first-order chi connectivity index (χ1) is 9.77. The van der Waals surface area contributed by atoms with E-state index in [0.717, 1.165) is 32.1 Å². The van der Waals surface area contributed by atoms with Crippen LogP contribution < -0.4 is 11.5 Å². The molecule has 0 aromatic heterocycles. The zero-order valence-corrected chi connectivity index (χ0v) is 12.4. The molecular weight excluding hydrogens is 272 g/mol. The van der Waals surface area contributed by atoms with Crippen LogP contribution in [0.1, 0.15) is 45.4 Å². The zero-order chi connectivity index (χ0) is 15.8. The van der Waals surface area contributed by atoms with Crippen LogP contribution in [0.3, 0.4) is 0 Å². The van der Waals surface area contributed by atoms with E-state index in [0.29, 0.717) is 5.92 Å². The fraction of sp³-hybridized carbons (Fsp3) is 0.800. The molecule has 2 fully saturated rings. The number of hydrogen-bond acceptors (Lipinski definition) is 5. The van der Waals surface area contributed by atoms with Crippen molar-refractivity contribution < 1.29 is 19.5 Å². The standard InChI is InChI=1S/C15H24N2O4/c1-8(16)13(20)12(14(21)10(17)6-11(18)19)15-4-2-9(7-15)3-5-15/h8-10,12H,2-7,16-17H2,1H3,(H,18,19)/t8?,9?,10-,12?,15?/m0/s1. The van der Waals surface area contributed by atoms with Crippen LogP contribution in [0.25, 0.3) is 0 Å². The van der Waals surface area contributed by atoms with Crippen LogP contribution in [0.2, 0.25) is 0 Å². The minimum Gasteiger partial charge on any atom is -0.481 e. The number of carbonyl (C=O) groups excluding carboxylic acids is 2. The predicted octanol–water partition coefficient (Wildman–Crippen LogP) is 0.470. The van der Waals surface area contributed by atoms with Gasteiger partial charge >= 0.3 is 5.97 Å². The Morgan fingerprint density at radius 2 is 1.76 bits per heavy atom. The van der Waals surface area contributed by atoms with Gasteiger partial charge < -0.3 is 16.6 Å². The monoisotopic (exact) mass is 296 g/mol. The van der Waals surface area contributed by atoms with Gasteiger partial charge in [0.25, 0.3) is 0 Å². The molecule has 2 saturated carbocycles. The van der Waals surface area contributed by atoms with Crippen LogP contribution in [0.4, 0.5) is 0 Å². The van der Waals surface area contributed by atoms with Crippen molar-refractivity contribution in [1.82, 2.24) is 0 Å². The highest BCUT2D eigenvalue weighted by Gasteiger charge is 2.55. The third-order valence-electron chi connectivity index (χ3n) is 5.19. The molecule has 6 heteroatoms. The second kappa shape index (κ2) is 5.85. The van der Waals surface area contributed by atoms with Gasteiger partial charge in [0.05, 0.1) is 24.4 Å². The molecule has 0 amide bonds. The highest BCUT2D eigenvalue weighted by Crippen LogP contribution is 2.58. The van der Waals surface area contributed by atoms with E-state index in [1.165, 1.54) is 0 Å². The van der Waals surface area contributed by atoms with E-state index in [4.69, 9.17) is 16.6 Å². The molecule has 0 aromatic carbocycles. The summed E-state index contributed by atoms with van der Waals surface area (Å²) in [5.41, 5.74) is 11.1. The molecular formula is C15H24N2O4. The van der Waals surface area contributed by atoms with E-state index in [-0.39, 0.29) is 11.2 Å².